The number of carbonyl (C=O) groups excluding carboxylic acids is 1. The van der Waals surface area contributed by atoms with E-state index in [9.17, 15) is 4.79 Å². The summed E-state index contributed by atoms with van der Waals surface area (Å²) in [5.74, 6) is 0.877. The zero-order chi connectivity index (χ0) is 17.6. The van der Waals surface area contributed by atoms with Gasteiger partial charge >= 0.3 is 0 Å². The van der Waals surface area contributed by atoms with Crippen LogP contribution >= 0.6 is 0 Å². The predicted molar refractivity (Wildman–Crippen MR) is 103 cm³/mol. The van der Waals surface area contributed by atoms with Gasteiger partial charge in [-0.3, -0.25) is 9.36 Å². The van der Waals surface area contributed by atoms with Crippen LogP contribution in [-0.4, -0.2) is 15.8 Å². The molecule has 3 heteroatoms. The molecule has 0 amide bonds. The summed E-state index contributed by atoms with van der Waals surface area (Å²) in [5, 5.41) is 2.29. The van der Waals surface area contributed by atoms with Gasteiger partial charge in [-0.25, -0.2) is 4.98 Å². The molecule has 0 atom stereocenters. The van der Waals surface area contributed by atoms with Crippen molar-refractivity contribution in [1.82, 2.24) is 9.55 Å². The first-order valence-corrected chi connectivity index (χ1v) is 8.44. The number of carbonyl (C=O) groups is 1. The second kappa shape index (κ2) is 5.55. The molecule has 25 heavy (non-hydrogen) atoms. The fraction of sp³-hybridized carbons (Fsp3) is 0.182. The first kappa shape index (κ1) is 15.6. The van der Waals surface area contributed by atoms with Crippen molar-refractivity contribution < 1.29 is 4.79 Å². The first-order chi connectivity index (χ1) is 12.0. The van der Waals surface area contributed by atoms with Crippen molar-refractivity contribution in [3.05, 3.63) is 71.9 Å². The number of pyridine rings is 1. The van der Waals surface area contributed by atoms with E-state index < -0.39 is 0 Å². The van der Waals surface area contributed by atoms with E-state index in [1.165, 1.54) is 5.56 Å². The Morgan fingerprint density at radius 2 is 1.68 bits per heavy atom. The molecule has 0 aliphatic heterocycles. The summed E-state index contributed by atoms with van der Waals surface area (Å²) in [4.78, 5) is 15.9. The molecule has 0 spiro atoms. The van der Waals surface area contributed by atoms with E-state index in [2.05, 4.69) is 54.6 Å². The SMILES string of the molecule is CC(C)(C)c1ccnc(-n2c3ccccc3c3ccc(C=O)cc32)c1. The van der Waals surface area contributed by atoms with Gasteiger partial charge in [0.15, 0.2) is 0 Å². The van der Waals surface area contributed by atoms with Gasteiger partial charge < -0.3 is 0 Å². The number of hydrogen-bond acceptors (Lipinski definition) is 2. The molecule has 0 aliphatic carbocycles. The third-order valence-electron chi connectivity index (χ3n) is 4.67. The molecule has 4 rings (SSSR count). The Morgan fingerprint density at radius 1 is 0.920 bits per heavy atom. The van der Waals surface area contributed by atoms with Crippen molar-refractivity contribution in [2.75, 3.05) is 0 Å². The Kier molecular flexibility index (Phi) is 3.46. The minimum Gasteiger partial charge on any atom is -0.298 e. The minimum absolute atomic E-state index is 0.0460. The van der Waals surface area contributed by atoms with E-state index in [0.717, 1.165) is 33.9 Å². The van der Waals surface area contributed by atoms with Gasteiger partial charge in [0.1, 0.15) is 12.1 Å². The van der Waals surface area contributed by atoms with Gasteiger partial charge in [0.25, 0.3) is 0 Å². The number of nitrogens with zero attached hydrogens (tertiary/aromatic N) is 2. The molecular weight excluding hydrogens is 308 g/mol. The third kappa shape index (κ3) is 2.52. The van der Waals surface area contributed by atoms with Crippen LogP contribution in [0.3, 0.4) is 0 Å². The highest BCUT2D eigenvalue weighted by Gasteiger charge is 2.17. The third-order valence-corrected chi connectivity index (χ3v) is 4.67. The lowest BCUT2D eigenvalue weighted by Crippen LogP contribution is -2.12. The normalized spacial score (nSPS) is 12.0. The van der Waals surface area contributed by atoms with Crippen molar-refractivity contribution in [2.24, 2.45) is 0 Å². The molecular formula is C22H20N2O. The molecule has 0 fully saturated rings. The molecule has 3 nitrogen and oxygen atoms in total. The Hall–Kier alpha value is -2.94. The number of rotatable bonds is 2. The number of fused-ring (bicyclic) bond motifs is 3. The molecule has 0 saturated heterocycles. The summed E-state index contributed by atoms with van der Waals surface area (Å²) in [6.07, 6.45) is 2.75. The summed E-state index contributed by atoms with van der Waals surface area (Å²) >= 11 is 0. The van der Waals surface area contributed by atoms with Crippen LogP contribution in [0, 0.1) is 0 Å². The largest absolute Gasteiger partial charge is 0.298 e. The highest BCUT2D eigenvalue weighted by atomic mass is 16.1. The molecule has 2 heterocycles. The maximum absolute atomic E-state index is 11.3. The summed E-state index contributed by atoms with van der Waals surface area (Å²) in [5.41, 5.74) is 4.05. The van der Waals surface area contributed by atoms with E-state index in [1.807, 2.05) is 36.5 Å². The summed E-state index contributed by atoms with van der Waals surface area (Å²) in [7, 11) is 0. The topological polar surface area (TPSA) is 34.9 Å². The number of para-hydroxylation sites is 1. The van der Waals surface area contributed by atoms with Crippen molar-refractivity contribution in [3.63, 3.8) is 0 Å². The Morgan fingerprint density at radius 3 is 2.44 bits per heavy atom. The minimum atomic E-state index is 0.0460. The molecule has 0 N–H and O–H groups in total. The van der Waals surface area contributed by atoms with Crippen LogP contribution in [0.2, 0.25) is 0 Å². The predicted octanol–water partition coefficient (Wildman–Crippen LogP) is 5.29. The van der Waals surface area contributed by atoms with Crippen LogP contribution < -0.4 is 0 Å². The Balaban J connectivity index is 2.11. The molecule has 0 bridgehead atoms. The molecule has 2 aromatic heterocycles. The average Bonchev–Trinajstić information content (AvgIpc) is 2.94. The maximum Gasteiger partial charge on any atom is 0.150 e. The van der Waals surface area contributed by atoms with Gasteiger partial charge in [0, 0.05) is 22.5 Å². The van der Waals surface area contributed by atoms with Gasteiger partial charge in [-0.1, -0.05) is 51.1 Å². The first-order valence-electron chi connectivity index (χ1n) is 8.44. The van der Waals surface area contributed by atoms with E-state index in [4.69, 9.17) is 0 Å². The fourth-order valence-corrected chi connectivity index (χ4v) is 3.31. The molecule has 0 aliphatic rings. The van der Waals surface area contributed by atoms with Crippen LogP contribution in [0.4, 0.5) is 0 Å². The summed E-state index contributed by atoms with van der Waals surface area (Å²) in [6.45, 7) is 6.59. The lowest BCUT2D eigenvalue weighted by Gasteiger charge is -2.20. The van der Waals surface area contributed by atoms with Crippen LogP contribution in [-0.2, 0) is 5.41 Å². The quantitative estimate of drug-likeness (QED) is 0.469. The van der Waals surface area contributed by atoms with E-state index in [-0.39, 0.29) is 5.41 Å². The highest BCUT2D eigenvalue weighted by molar-refractivity contribution is 6.10. The van der Waals surface area contributed by atoms with Crippen LogP contribution in [0.15, 0.2) is 60.8 Å². The Labute approximate surface area is 146 Å². The van der Waals surface area contributed by atoms with Gasteiger partial charge in [0.05, 0.1) is 11.0 Å². The number of benzene rings is 2. The van der Waals surface area contributed by atoms with E-state index >= 15 is 0 Å². The van der Waals surface area contributed by atoms with E-state index in [1.54, 1.807) is 0 Å². The van der Waals surface area contributed by atoms with Gasteiger partial charge in [0.2, 0.25) is 0 Å². The van der Waals surface area contributed by atoms with Crippen LogP contribution in [0.25, 0.3) is 27.6 Å². The fourth-order valence-electron chi connectivity index (χ4n) is 3.31. The molecule has 124 valence electrons. The zero-order valence-electron chi connectivity index (χ0n) is 14.7. The molecule has 4 aromatic rings. The number of hydrogen-bond donors (Lipinski definition) is 0. The highest BCUT2D eigenvalue weighted by Crippen LogP contribution is 2.33. The van der Waals surface area contributed by atoms with Crippen molar-refractivity contribution in [3.8, 4) is 5.82 Å². The molecule has 0 saturated carbocycles. The summed E-state index contributed by atoms with van der Waals surface area (Å²) in [6, 6.07) is 18.3. The smallest absolute Gasteiger partial charge is 0.150 e. The standard InChI is InChI=1S/C22H20N2O/c1-22(2,3)16-10-11-23-21(13-16)24-19-7-5-4-6-17(19)18-9-8-15(14-25)12-20(18)24/h4-14H,1-3H3. The van der Waals surface area contributed by atoms with Gasteiger partial charge in [-0.15, -0.1) is 0 Å². The van der Waals surface area contributed by atoms with Crippen LogP contribution in [0.5, 0.6) is 0 Å². The van der Waals surface area contributed by atoms with Crippen molar-refractivity contribution >= 4 is 28.1 Å². The second-order valence-corrected chi connectivity index (χ2v) is 7.40. The van der Waals surface area contributed by atoms with Gasteiger partial charge in [-0.05, 0) is 35.2 Å². The molecule has 0 unspecified atom stereocenters. The van der Waals surface area contributed by atoms with Crippen molar-refractivity contribution in [2.45, 2.75) is 26.2 Å². The number of aromatic nitrogens is 2. The van der Waals surface area contributed by atoms with Gasteiger partial charge in [-0.2, -0.15) is 0 Å². The van der Waals surface area contributed by atoms with E-state index in [0.29, 0.717) is 5.56 Å². The second-order valence-electron chi connectivity index (χ2n) is 7.40. The monoisotopic (exact) mass is 328 g/mol. The molecule has 2 aromatic carbocycles. The lowest BCUT2D eigenvalue weighted by molar-refractivity contribution is 0.112. The van der Waals surface area contributed by atoms with Crippen molar-refractivity contribution in [1.29, 1.82) is 0 Å². The van der Waals surface area contributed by atoms with Crippen LogP contribution in [0.1, 0.15) is 36.7 Å². The zero-order valence-corrected chi connectivity index (χ0v) is 14.7. The maximum atomic E-state index is 11.3. The average molecular weight is 328 g/mol. The number of aldehydes is 1. The lowest BCUT2D eigenvalue weighted by atomic mass is 9.88. The Bertz CT molecular complexity index is 1100. The summed E-state index contributed by atoms with van der Waals surface area (Å²) < 4.78 is 2.15. The molecule has 0 radical (unpaired) electrons.